The minimum atomic E-state index is -0.528. The van der Waals surface area contributed by atoms with Gasteiger partial charge in [0.15, 0.2) is 0 Å². The Labute approximate surface area is 175 Å². The van der Waals surface area contributed by atoms with Crippen LogP contribution >= 0.6 is 0 Å². The van der Waals surface area contributed by atoms with Gasteiger partial charge in [0.25, 0.3) is 0 Å². The Kier molecular flexibility index (Phi) is 5.07. The van der Waals surface area contributed by atoms with Crippen molar-refractivity contribution in [3.8, 4) is 0 Å². The van der Waals surface area contributed by atoms with Crippen LogP contribution in [0.1, 0.15) is 30.3 Å². The van der Waals surface area contributed by atoms with Gasteiger partial charge in [-0.1, -0.05) is 18.2 Å². The first-order valence-corrected chi connectivity index (χ1v) is 10.7. The van der Waals surface area contributed by atoms with Gasteiger partial charge in [-0.3, -0.25) is 4.90 Å². The lowest BCUT2D eigenvalue weighted by molar-refractivity contribution is -0.0000731. The van der Waals surface area contributed by atoms with Crippen molar-refractivity contribution >= 4 is 11.0 Å². The second-order valence-corrected chi connectivity index (χ2v) is 8.78. The van der Waals surface area contributed by atoms with Crippen molar-refractivity contribution in [1.82, 2.24) is 14.5 Å². The van der Waals surface area contributed by atoms with Gasteiger partial charge in [-0.15, -0.1) is 0 Å². The molecule has 4 nitrogen and oxygen atoms in total. The van der Waals surface area contributed by atoms with E-state index in [1.54, 1.807) is 13.2 Å². The normalized spacial score (nSPS) is 26.9. The van der Waals surface area contributed by atoms with E-state index in [4.69, 9.17) is 9.72 Å². The fourth-order valence-electron chi connectivity index (χ4n) is 5.62. The highest BCUT2D eigenvalue weighted by atomic mass is 19.1. The van der Waals surface area contributed by atoms with Crippen molar-refractivity contribution in [2.75, 3.05) is 20.2 Å². The third kappa shape index (κ3) is 3.42. The first-order valence-electron chi connectivity index (χ1n) is 10.7. The number of para-hydroxylation sites is 2. The highest BCUT2D eigenvalue weighted by molar-refractivity contribution is 5.76. The van der Waals surface area contributed by atoms with E-state index in [0.717, 1.165) is 48.9 Å². The summed E-state index contributed by atoms with van der Waals surface area (Å²) in [5, 5.41) is 0. The second-order valence-electron chi connectivity index (χ2n) is 8.78. The first kappa shape index (κ1) is 19.6. The van der Waals surface area contributed by atoms with Gasteiger partial charge in [-0.2, -0.15) is 0 Å². The summed E-state index contributed by atoms with van der Waals surface area (Å²) in [4.78, 5) is 7.06. The van der Waals surface area contributed by atoms with Gasteiger partial charge in [-0.05, 0) is 49.8 Å². The molecule has 1 aliphatic carbocycles. The standard InChI is InChI=1S/C24H27F2N3O/c1-15-27-21-5-3-4-6-22(21)29(15)23-9-17-13-28(14-18(17)10-24(23)30-2)12-16-7-8-19(25)11-20(16)26/h3-8,11,17-18,23-24H,9-10,12-14H2,1-2H3/t17-,18+,23-,24-/m0/s1. The number of methoxy groups -OCH3 is 1. The molecule has 0 bridgehead atoms. The smallest absolute Gasteiger partial charge is 0.130 e. The topological polar surface area (TPSA) is 30.3 Å². The summed E-state index contributed by atoms with van der Waals surface area (Å²) in [5.74, 6) is 1.10. The molecular formula is C24H27F2N3O. The van der Waals surface area contributed by atoms with Gasteiger partial charge in [-0.25, -0.2) is 13.8 Å². The van der Waals surface area contributed by atoms with E-state index >= 15 is 0 Å². The summed E-state index contributed by atoms with van der Waals surface area (Å²) < 4.78 is 35.7. The molecule has 2 heterocycles. The predicted molar refractivity (Wildman–Crippen MR) is 112 cm³/mol. The maximum atomic E-state index is 14.1. The van der Waals surface area contributed by atoms with Crippen LogP contribution in [0.4, 0.5) is 8.78 Å². The van der Waals surface area contributed by atoms with E-state index in [1.165, 1.54) is 6.07 Å². The van der Waals surface area contributed by atoms with Crippen molar-refractivity contribution in [2.45, 2.75) is 38.5 Å². The second kappa shape index (κ2) is 7.75. The van der Waals surface area contributed by atoms with Gasteiger partial charge in [0.05, 0.1) is 23.2 Å². The van der Waals surface area contributed by atoms with Crippen molar-refractivity contribution in [2.24, 2.45) is 11.8 Å². The van der Waals surface area contributed by atoms with Crippen LogP contribution < -0.4 is 0 Å². The molecule has 1 saturated carbocycles. The average molecular weight is 411 g/mol. The number of imidazole rings is 1. The summed E-state index contributed by atoms with van der Waals surface area (Å²) in [6, 6.07) is 12.4. The molecule has 0 unspecified atom stereocenters. The van der Waals surface area contributed by atoms with Crippen molar-refractivity contribution < 1.29 is 13.5 Å². The lowest BCUT2D eigenvalue weighted by Gasteiger charge is -2.38. The Bertz CT molecular complexity index is 1070. The zero-order valence-electron chi connectivity index (χ0n) is 17.4. The predicted octanol–water partition coefficient (Wildman–Crippen LogP) is 4.72. The van der Waals surface area contributed by atoms with Gasteiger partial charge in [0, 0.05) is 38.4 Å². The molecule has 1 saturated heterocycles. The first-order chi connectivity index (χ1) is 14.5. The molecule has 0 amide bonds. The Morgan fingerprint density at radius 1 is 1.07 bits per heavy atom. The average Bonchev–Trinajstić information content (AvgIpc) is 3.27. The summed E-state index contributed by atoms with van der Waals surface area (Å²) in [5.41, 5.74) is 2.74. The number of hydrogen-bond donors (Lipinski definition) is 0. The molecular weight excluding hydrogens is 384 g/mol. The molecule has 2 aromatic carbocycles. The maximum absolute atomic E-state index is 14.1. The lowest BCUT2D eigenvalue weighted by atomic mass is 9.77. The Morgan fingerprint density at radius 2 is 1.83 bits per heavy atom. The van der Waals surface area contributed by atoms with Crippen LogP contribution in [0, 0.1) is 30.4 Å². The maximum Gasteiger partial charge on any atom is 0.130 e. The molecule has 158 valence electrons. The largest absolute Gasteiger partial charge is 0.379 e. The third-order valence-corrected chi connectivity index (χ3v) is 6.98. The zero-order chi connectivity index (χ0) is 20.8. The quantitative estimate of drug-likeness (QED) is 0.622. The molecule has 6 heteroatoms. The fourth-order valence-corrected chi connectivity index (χ4v) is 5.62. The SMILES string of the molecule is CO[C@H]1C[C@@H]2CN(Cc3ccc(F)cc3F)C[C@@H]2C[C@@H]1n1c(C)nc2ccccc21. The van der Waals surface area contributed by atoms with Crippen LogP contribution in [0.3, 0.4) is 0 Å². The minimum absolute atomic E-state index is 0.130. The van der Waals surface area contributed by atoms with Gasteiger partial charge in [0.2, 0.25) is 0 Å². The van der Waals surface area contributed by atoms with E-state index in [9.17, 15) is 8.78 Å². The van der Waals surface area contributed by atoms with E-state index in [-0.39, 0.29) is 12.1 Å². The zero-order valence-corrected chi connectivity index (χ0v) is 17.4. The summed E-state index contributed by atoms with van der Waals surface area (Å²) in [7, 11) is 1.80. The van der Waals surface area contributed by atoms with E-state index in [1.807, 2.05) is 6.07 Å². The third-order valence-electron chi connectivity index (χ3n) is 6.98. The van der Waals surface area contributed by atoms with Crippen LogP contribution in [-0.2, 0) is 11.3 Å². The van der Waals surface area contributed by atoms with Crippen LogP contribution in [0.15, 0.2) is 42.5 Å². The number of rotatable bonds is 4. The molecule has 0 spiro atoms. The number of aryl methyl sites for hydroxylation is 1. The van der Waals surface area contributed by atoms with Crippen LogP contribution in [0.5, 0.6) is 0 Å². The molecule has 3 aromatic rings. The van der Waals surface area contributed by atoms with Crippen molar-refractivity contribution in [1.29, 1.82) is 0 Å². The summed E-state index contributed by atoms with van der Waals surface area (Å²) in [6.07, 6.45) is 2.14. The van der Waals surface area contributed by atoms with Crippen LogP contribution in [-0.4, -0.2) is 40.8 Å². The number of nitrogens with zero attached hydrogens (tertiary/aromatic N) is 3. The molecule has 2 aliphatic rings. The lowest BCUT2D eigenvalue weighted by Crippen LogP contribution is -2.37. The number of likely N-dealkylation sites (tertiary alicyclic amines) is 1. The number of ether oxygens (including phenoxy) is 1. The number of benzene rings is 2. The molecule has 1 aromatic heterocycles. The van der Waals surface area contributed by atoms with Crippen LogP contribution in [0.25, 0.3) is 11.0 Å². The Balaban J connectivity index is 1.38. The number of aromatic nitrogens is 2. The molecule has 5 rings (SSSR count). The van der Waals surface area contributed by atoms with Gasteiger partial charge < -0.3 is 9.30 Å². The minimum Gasteiger partial charge on any atom is -0.379 e. The highest BCUT2D eigenvalue weighted by Gasteiger charge is 2.43. The summed E-state index contributed by atoms with van der Waals surface area (Å²) in [6.45, 7) is 4.45. The van der Waals surface area contributed by atoms with Gasteiger partial charge >= 0.3 is 0 Å². The van der Waals surface area contributed by atoms with Crippen LogP contribution in [0.2, 0.25) is 0 Å². The molecule has 0 N–H and O–H groups in total. The Morgan fingerprint density at radius 3 is 2.60 bits per heavy atom. The number of hydrogen-bond acceptors (Lipinski definition) is 3. The fraction of sp³-hybridized carbons (Fsp3) is 0.458. The molecule has 30 heavy (non-hydrogen) atoms. The van der Waals surface area contributed by atoms with E-state index in [2.05, 4.69) is 34.6 Å². The highest BCUT2D eigenvalue weighted by Crippen LogP contribution is 2.44. The van der Waals surface area contributed by atoms with E-state index in [0.29, 0.717) is 23.9 Å². The molecule has 0 radical (unpaired) electrons. The van der Waals surface area contributed by atoms with Gasteiger partial charge in [0.1, 0.15) is 17.5 Å². The molecule has 4 atom stereocenters. The Hall–Kier alpha value is -2.31. The number of halogens is 2. The van der Waals surface area contributed by atoms with Crippen molar-refractivity contribution in [3.63, 3.8) is 0 Å². The number of fused-ring (bicyclic) bond motifs is 2. The molecule has 2 fully saturated rings. The summed E-state index contributed by atoms with van der Waals surface area (Å²) >= 11 is 0. The van der Waals surface area contributed by atoms with Crippen molar-refractivity contribution in [3.05, 3.63) is 65.5 Å². The molecule has 1 aliphatic heterocycles. The monoisotopic (exact) mass is 411 g/mol. The van der Waals surface area contributed by atoms with E-state index < -0.39 is 11.6 Å².